The largest absolute Gasteiger partial charge is 0.471 e. The number of nitrogen functional groups attached to an aromatic ring is 1. The molecule has 0 aliphatic carbocycles. The lowest BCUT2D eigenvalue weighted by molar-refractivity contribution is 0.221. The molecule has 2 N–H and O–H groups in total. The van der Waals surface area contributed by atoms with E-state index in [1.807, 2.05) is 12.1 Å². The van der Waals surface area contributed by atoms with E-state index in [0.29, 0.717) is 18.5 Å². The van der Waals surface area contributed by atoms with Gasteiger partial charge in [0.1, 0.15) is 11.6 Å². The monoisotopic (exact) mass is 231 g/mol. The number of anilines is 1. The summed E-state index contributed by atoms with van der Waals surface area (Å²) in [7, 11) is 0. The molecule has 0 amide bonds. The van der Waals surface area contributed by atoms with E-state index in [1.54, 1.807) is 16.9 Å². The Morgan fingerprint density at radius 1 is 1.35 bits per heavy atom. The summed E-state index contributed by atoms with van der Waals surface area (Å²) in [4.78, 5) is 0. The van der Waals surface area contributed by atoms with Crippen molar-refractivity contribution < 1.29 is 4.74 Å². The predicted molar refractivity (Wildman–Crippen MR) is 67.8 cm³/mol. The second-order valence-electron chi connectivity index (χ2n) is 4.28. The molecule has 0 aliphatic rings. The van der Waals surface area contributed by atoms with Crippen LogP contribution in [0, 0.1) is 0 Å². The number of aromatic nitrogens is 2. The van der Waals surface area contributed by atoms with Gasteiger partial charge < -0.3 is 10.5 Å². The first-order chi connectivity index (χ1) is 8.15. The van der Waals surface area contributed by atoms with Crippen molar-refractivity contribution in [3.63, 3.8) is 0 Å². The number of hydrogen-bond donors (Lipinski definition) is 1. The van der Waals surface area contributed by atoms with Crippen LogP contribution in [0.5, 0.6) is 5.75 Å². The third-order valence-electron chi connectivity index (χ3n) is 2.55. The molecule has 2 rings (SSSR count). The van der Waals surface area contributed by atoms with Crippen LogP contribution in [0.3, 0.4) is 0 Å². The average molecular weight is 231 g/mol. The Morgan fingerprint density at radius 2 is 2.18 bits per heavy atom. The van der Waals surface area contributed by atoms with E-state index < -0.39 is 0 Å². The Hall–Kier alpha value is -1.97. The van der Waals surface area contributed by atoms with Gasteiger partial charge in [-0.25, -0.2) is 4.68 Å². The summed E-state index contributed by atoms with van der Waals surface area (Å²) in [6.45, 7) is 4.69. The number of rotatable bonds is 4. The Kier molecular flexibility index (Phi) is 3.32. The Bertz CT molecular complexity index is 491. The molecule has 1 heterocycles. The molecule has 0 unspecified atom stereocenters. The molecule has 0 radical (unpaired) electrons. The van der Waals surface area contributed by atoms with E-state index in [-0.39, 0.29) is 0 Å². The number of nitrogens with two attached hydrogens (primary N) is 1. The Labute approximate surface area is 101 Å². The summed E-state index contributed by atoms with van der Waals surface area (Å²) < 4.78 is 7.31. The maximum absolute atomic E-state index is 5.64. The van der Waals surface area contributed by atoms with Gasteiger partial charge in [0.15, 0.2) is 6.73 Å². The lowest BCUT2D eigenvalue weighted by atomic mass is 10.0. The molecule has 0 aliphatic heterocycles. The average Bonchev–Trinajstić information content (AvgIpc) is 2.73. The summed E-state index contributed by atoms with van der Waals surface area (Å²) in [5.74, 6) is 1.86. The summed E-state index contributed by atoms with van der Waals surface area (Å²) in [6, 6.07) is 9.84. The minimum atomic E-state index is 0.374. The van der Waals surface area contributed by atoms with Crippen molar-refractivity contribution in [2.24, 2.45) is 0 Å². The molecule has 1 aromatic carbocycles. The molecule has 0 spiro atoms. The third kappa shape index (κ3) is 3.00. The van der Waals surface area contributed by atoms with Gasteiger partial charge in [-0.3, -0.25) is 0 Å². The summed E-state index contributed by atoms with van der Waals surface area (Å²) in [5, 5.41) is 4.05. The van der Waals surface area contributed by atoms with E-state index in [1.165, 1.54) is 5.56 Å². The number of nitrogens with zero attached hydrogens (tertiary/aromatic N) is 2. The second-order valence-corrected chi connectivity index (χ2v) is 4.28. The molecule has 90 valence electrons. The highest BCUT2D eigenvalue weighted by Crippen LogP contribution is 2.20. The molecule has 1 aromatic heterocycles. The topological polar surface area (TPSA) is 53.1 Å². The fraction of sp³-hybridized carbons (Fsp3) is 0.308. The molecular formula is C13H17N3O. The van der Waals surface area contributed by atoms with E-state index in [0.717, 1.165) is 5.75 Å². The third-order valence-corrected chi connectivity index (χ3v) is 2.55. The lowest BCUT2D eigenvalue weighted by Crippen LogP contribution is -2.06. The van der Waals surface area contributed by atoms with Gasteiger partial charge >= 0.3 is 0 Å². The smallest absolute Gasteiger partial charge is 0.180 e. The number of ether oxygens (including phenoxy) is 1. The Morgan fingerprint density at radius 3 is 2.82 bits per heavy atom. The maximum atomic E-state index is 5.64. The van der Waals surface area contributed by atoms with E-state index in [4.69, 9.17) is 10.5 Å². The van der Waals surface area contributed by atoms with Gasteiger partial charge in [0.2, 0.25) is 0 Å². The van der Waals surface area contributed by atoms with Crippen LogP contribution in [-0.4, -0.2) is 9.78 Å². The molecule has 4 nitrogen and oxygen atoms in total. The summed E-state index contributed by atoms with van der Waals surface area (Å²) in [6.07, 6.45) is 1.79. The van der Waals surface area contributed by atoms with Crippen molar-refractivity contribution in [3.05, 3.63) is 42.1 Å². The highest BCUT2D eigenvalue weighted by Gasteiger charge is 2.01. The molecule has 2 aromatic rings. The van der Waals surface area contributed by atoms with E-state index >= 15 is 0 Å². The zero-order chi connectivity index (χ0) is 12.3. The fourth-order valence-electron chi connectivity index (χ4n) is 1.55. The molecule has 4 heteroatoms. The minimum Gasteiger partial charge on any atom is -0.471 e. The van der Waals surface area contributed by atoms with Crippen molar-refractivity contribution in [2.45, 2.75) is 26.5 Å². The van der Waals surface area contributed by atoms with Crippen LogP contribution in [0.2, 0.25) is 0 Å². The SMILES string of the molecule is CC(C)c1cccc(OCn2ccc(N)n2)c1. The van der Waals surface area contributed by atoms with Gasteiger partial charge in [-0.2, -0.15) is 5.10 Å². The standard InChI is InChI=1S/C13H17N3O/c1-10(2)11-4-3-5-12(8-11)17-9-16-7-6-13(14)15-16/h3-8,10H,9H2,1-2H3,(H2,14,15). The quantitative estimate of drug-likeness (QED) is 0.880. The zero-order valence-electron chi connectivity index (χ0n) is 10.1. The molecule has 0 saturated heterocycles. The molecule has 17 heavy (non-hydrogen) atoms. The van der Waals surface area contributed by atoms with Crippen LogP contribution >= 0.6 is 0 Å². The van der Waals surface area contributed by atoms with Gasteiger partial charge in [-0.1, -0.05) is 26.0 Å². The van der Waals surface area contributed by atoms with Crippen molar-refractivity contribution >= 4 is 5.82 Å². The van der Waals surface area contributed by atoms with Gasteiger partial charge in [-0.15, -0.1) is 0 Å². The van der Waals surface area contributed by atoms with E-state index in [2.05, 4.69) is 31.1 Å². The predicted octanol–water partition coefficient (Wildman–Crippen LogP) is 2.63. The fourth-order valence-corrected chi connectivity index (χ4v) is 1.55. The van der Waals surface area contributed by atoms with Crippen LogP contribution in [0.4, 0.5) is 5.82 Å². The van der Waals surface area contributed by atoms with Crippen molar-refractivity contribution in [3.8, 4) is 5.75 Å². The molecular weight excluding hydrogens is 214 g/mol. The second kappa shape index (κ2) is 4.91. The minimum absolute atomic E-state index is 0.374. The van der Waals surface area contributed by atoms with Crippen LogP contribution in [-0.2, 0) is 6.73 Å². The van der Waals surface area contributed by atoms with Crippen LogP contribution in [0.1, 0.15) is 25.3 Å². The van der Waals surface area contributed by atoms with Crippen molar-refractivity contribution in [1.82, 2.24) is 9.78 Å². The molecule has 0 fully saturated rings. The van der Waals surface area contributed by atoms with Gasteiger partial charge in [0.25, 0.3) is 0 Å². The number of benzene rings is 1. The lowest BCUT2D eigenvalue weighted by Gasteiger charge is -2.09. The number of hydrogen-bond acceptors (Lipinski definition) is 3. The highest BCUT2D eigenvalue weighted by atomic mass is 16.5. The van der Waals surface area contributed by atoms with Crippen LogP contribution in [0.25, 0.3) is 0 Å². The normalized spacial score (nSPS) is 10.8. The summed E-state index contributed by atoms with van der Waals surface area (Å²) in [5.41, 5.74) is 6.79. The first-order valence-electron chi connectivity index (χ1n) is 5.67. The maximum Gasteiger partial charge on any atom is 0.180 e. The van der Waals surface area contributed by atoms with Gasteiger partial charge in [0.05, 0.1) is 0 Å². The first-order valence-corrected chi connectivity index (χ1v) is 5.67. The van der Waals surface area contributed by atoms with Gasteiger partial charge in [-0.05, 0) is 23.6 Å². The van der Waals surface area contributed by atoms with E-state index in [9.17, 15) is 0 Å². The van der Waals surface area contributed by atoms with Gasteiger partial charge in [0, 0.05) is 12.3 Å². The van der Waals surface area contributed by atoms with Crippen molar-refractivity contribution in [2.75, 3.05) is 5.73 Å². The molecule has 0 atom stereocenters. The molecule has 0 bridgehead atoms. The Balaban J connectivity index is 2.01. The van der Waals surface area contributed by atoms with Crippen molar-refractivity contribution in [1.29, 1.82) is 0 Å². The van der Waals surface area contributed by atoms with Crippen LogP contribution in [0.15, 0.2) is 36.5 Å². The molecule has 0 saturated carbocycles. The summed E-state index contributed by atoms with van der Waals surface area (Å²) >= 11 is 0. The highest BCUT2D eigenvalue weighted by molar-refractivity contribution is 5.30. The zero-order valence-corrected chi connectivity index (χ0v) is 10.1. The first kappa shape index (κ1) is 11.5. The van der Waals surface area contributed by atoms with Crippen LogP contribution < -0.4 is 10.5 Å².